The van der Waals surface area contributed by atoms with Gasteiger partial charge in [0, 0.05) is 5.56 Å². The molecule has 1 aromatic carbocycles. The fraction of sp³-hybridized carbons (Fsp3) is 0.143. The van der Waals surface area contributed by atoms with Crippen LogP contribution in [0.1, 0.15) is 12.0 Å². The number of hydrogen-bond donors (Lipinski definition) is 0. The number of benzene rings is 1. The molecule has 7 heteroatoms. The van der Waals surface area contributed by atoms with E-state index in [1.54, 1.807) is 0 Å². The zero-order valence-corrected chi connectivity index (χ0v) is 7.56. The summed E-state index contributed by atoms with van der Waals surface area (Å²) in [6, 6.07) is 3.92. The molecular formula is C7H5F4O2P. The SMILES string of the molecule is O=P(F)(F)Oc1cccc(C(F)F)c1. The van der Waals surface area contributed by atoms with Crippen LogP contribution in [-0.2, 0) is 4.57 Å². The van der Waals surface area contributed by atoms with Crippen LogP contribution in [-0.4, -0.2) is 0 Å². The summed E-state index contributed by atoms with van der Waals surface area (Å²) in [7, 11) is -5.68. The van der Waals surface area contributed by atoms with Crippen molar-refractivity contribution in [1.29, 1.82) is 0 Å². The number of halogens is 4. The molecule has 0 saturated carbocycles. The van der Waals surface area contributed by atoms with Gasteiger partial charge in [0.25, 0.3) is 6.43 Å². The molecule has 0 saturated heterocycles. The second kappa shape index (κ2) is 4.00. The summed E-state index contributed by atoms with van der Waals surface area (Å²) in [5, 5.41) is 0. The average molecular weight is 228 g/mol. The lowest BCUT2D eigenvalue weighted by Gasteiger charge is -2.04. The summed E-state index contributed by atoms with van der Waals surface area (Å²) in [6.45, 7) is 0. The lowest BCUT2D eigenvalue weighted by molar-refractivity contribution is 0.151. The van der Waals surface area contributed by atoms with E-state index < -0.39 is 25.7 Å². The fourth-order valence-corrected chi connectivity index (χ4v) is 1.19. The van der Waals surface area contributed by atoms with Crippen molar-refractivity contribution in [1.82, 2.24) is 0 Å². The van der Waals surface area contributed by atoms with Crippen molar-refractivity contribution in [2.75, 3.05) is 0 Å². The van der Waals surface area contributed by atoms with Gasteiger partial charge in [0.2, 0.25) is 0 Å². The fourth-order valence-electron chi connectivity index (χ4n) is 0.830. The van der Waals surface area contributed by atoms with Gasteiger partial charge >= 0.3 is 7.99 Å². The van der Waals surface area contributed by atoms with Crippen LogP contribution in [0.4, 0.5) is 17.2 Å². The van der Waals surface area contributed by atoms with Gasteiger partial charge in [-0.05, 0) is 12.1 Å². The molecule has 0 amide bonds. The van der Waals surface area contributed by atoms with Gasteiger partial charge in [0.1, 0.15) is 5.75 Å². The molecule has 0 aliphatic rings. The smallest absolute Gasteiger partial charge is 0.398 e. The second-order valence-electron chi connectivity index (χ2n) is 2.38. The van der Waals surface area contributed by atoms with Crippen LogP contribution < -0.4 is 4.52 Å². The molecular weight excluding hydrogens is 223 g/mol. The van der Waals surface area contributed by atoms with Crippen molar-refractivity contribution >= 4 is 7.99 Å². The van der Waals surface area contributed by atoms with Gasteiger partial charge in [-0.2, -0.15) is 0 Å². The lowest BCUT2D eigenvalue weighted by Crippen LogP contribution is -1.87. The van der Waals surface area contributed by atoms with Gasteiger partial charge in [0.15, 0.2) is 0 Å². The summed E-state index contributed by atoms with van der Waals surface area (Å²) >= 11 is 0. The molecule has 14 heavy (non-hydrogen) atoms. The first-order valence-electron chi connectivity index (χ1n) is 3.45. The van der Waals surface area contributed by atoms with Gasteiger partial charge in [-0.3, -0.25) is 0 Å². The molecule has 0 radical (unpaired) electrons. The molecule has 0 aliphatic carbocycles. The maximum Gasteiger partial charge on any atom is 0.610 e. The molecule has 1 rings (SSSR count). The molecule has 1 aromatic rings. The van der Waals surface area contributed by atoms with Crippen LogP contribution in [0.15, 0.2) is 24.3 Å². The Morgan fingerprint density at radius 3 is 2.43 bits per heavy atom. The highest BCUT2D eigenvalue weighted by Crippen LogP contribution is 2.50. The first-order valence-corrected chi connectivity index (χ1v) is 4.86. The number of alkyl halides is 2. The van der Waals surface area contributed by atoms with Gasteiger partial charge in [-0.25, -0.2) is 13.3 Å². The Morgan fingerprint density at radius 1 is 1.29 bits per heavy atom. The summed E-state index contributed by atoms with van der Waals surface area (Å²) in [5.74, 6) is -0.531. The third-order valence-corrected chi connectivity index (χ3v) is 1.75. The highest BCUT2D eigenvalue weighted by atomic mass is 31.2. The van der Waals surface area contributed by atoms with Crippen LogP contribution in [0, 0.1) is 0 Å². The van der Waals surface area contributed by atoms with Gasteiger partial charge < -0.3 is 4.52 Å². The van der Waals surface area contributed by atoms with E-state index in [4.69, 9.17) is 0 Å². The van der Waals surface area contributed by atoms with Crippen LogP contribution in [0.2, 0.25) is 0 Å². The quantitative estimate of drug-likeness (QED) is 0.576. The number of rotatable bonds is 3. The average Bonchev–Trinajstić information content (AvgIpc) is 2.01. The molecule has 0 aromatic heterocycles. The predicted molar refractivity (Wildman–Crippen MR) is 41.8 cm³/mol. The highest BCUT2D eigenvalue weighted by Gasteiger charge is 2.23. The van der Waals surface area contributed by atoms with E-state index in [1.165, 1.54) is 0 Å². The van der Waals surface area contributed by atoms with Crippen LogP contribution >= 0.6 is 7.99 Å². The van der Waals surface area contributed by atoms with Crippen LogP contribution in [0.3, 0.4) is 0 Å². The summed E-state index contributed by atoms with van der Waals surface area (Å²) in [4.78, 5) is 0. The van der Waals surface area contributed by atoms with Crippen molar-refractivity contribution in [2.24, 2.45) is 0 Å². The minimum absolute atomic E-state index is 0.462. The zero-order valence-electron chi connectivity index (χ0n) is 6.66. The molecule has 0 spiro atoms. The monoisotopic (exact) mass is 228 g/mol. The Kier molecular flexibility index (Phi) is 3.16. The largest absolute Gasteiger partial charge is 0.610 e. The maximum absolute atomic E-state index is 12.1. The Morgan fingerprint density at radius 2 is 1.93 bits per heavy atom. The van der Waals surface area contributed by atoms with E-state index in [0.717, 1.165) is 24.3 Å². The Balaban J connectivity index is 2.89. The topological polar surface area (TPSA) is 26.3 Å². The van der Waals surface area contributed by atoms with Crippen molar-refractivity contribution in [3.8, 4) is 5.75 Å². The third kappa shape index (κ3) is 3.38. The molecule has 0 fully saturated rings. The van der Waals surface area contributed by atoms with E-state index in [2.05, 4.69) is 4.52 Å². The van der Waals surface area contributed by atoms with Gasteiger partial charge in [-0.15, -0.1) is 8.39 Å². The van der Waals surface area contributed by atoms with Gasteiger partial charge in [-0.1, -0.05) is 12.1 Å². The van der Waals surface area contributed by atoms with E-state index in [1.807, 2.05) is 0 Å². The second-order valence-corrected chi connectivity index (χ2v) is 3.39. The molecule has 2 nitrogen and oxygen atoms in total. The van der Waals surface area contributed by atoms with Crippen molar-refractivity contribution < 1.29 is 26.3 Å². The predicted octanol–water partition coefficient (Wildman–Crippen LogP) is 4.05. The van der Waals surface area contributed by atoms with E-state index in [0.29, 0.717) is 0 Å². The molecule has 78 valence electrons. The standard InChI is InChI=1S/C7H5F4O2P/c8-7(9)5-2-1-3-6(4-5)13-14(10,11)12/h1-4,7H. The molecule has 0 aliphatic heterocycles. The summed E-state index contributed by atoms with van der Waals surface area (Å²) in [5.41, 5.74) is -0.462. The van der Waals surface area contributed by atoms with E-state index in [-0.39, 0.29) is 0 Å². The Hall–Kier alpha value is -1.03. The van der Waals surface area contributed by atoms with Crippen molar-refractivity contribution in [3.63, 3.8) is 0 Å². The van der Waals surface area contributed by atoms with Crippen molar-refractivity contribution in [2.45, 2.75) is 6.43 Å². The van der Waals surface area contributed by atoms with Crippen LogP contribution in [0.5, 0.6) is 5.75 Å². The normalized spacial score (nSPS) is 11.8. The molecule has 0 bridgehead atoms. The summed E-state index contributed by atoms with van der Waals surface area (Å²) in [6.07, 6.45) is -2.78. The van der Waals surface area contributed by atoms with E-state index >= 15 is 0 Å². The molecule has 0 heterocycles. The summed E-state index contributed by atoms with van der Waals surface area (Å²) < 4.78 is 61.5. The molecule has 0 unspecified atom stereocenters. The first kappa shape index (κ1) is 11.0. The molecule has 0 N–H and O–H groups in total. The molecule has 0 atom stereocenters. The minimum atomic E-state index is -5.68. The van der Waals surface area contributed by atoms with Crippen LogP contribution in [0.25, 0.3) is 0 Å². The third-order valence-electron chi connectivity index (χ3n) is 1.32. The van der Waals surface area contributed by atoms with Gasteiger partial charge in [0.05, 0.1) is 0 Å². The number of hydrogen-bond acceptors (Lipinski definition) is 2. The zero-order chi connectivity index (χ0) is 10.8. The maximum atomic E-state index is 12.1. The first-order chi connectivity index (χ1) is 6.38. The Labute approximate surface area is 77.2 Å². The highest BCUT2D eigenvalue weighted by molar-refractivity contribution is 7.48. The lowest BCUT2D eigenvalue weighted by atomic mass is 10.2. The van der Waals surface area contributed by atoms with E-state index in [9.17, 15) is 21.7 Å². The van der Waals surface area contributed by atoms with Crippen molar-refractivity contribution in [3.05, 3.63) is 29.8 Å². The Bertz CT molecular complexity index is 362. The minimum Gasteiger partial charge on any atom is -0.398 e.